The summed E-state index contributed by atoms with van der Waals surface area (Å²) in [7, 11) is 0. The molecule has 1 heterocycles. The SMILES string of the molecule is CCc1c(C)nn(C(CC(=N)N)c2ccccc2)c1C. The van der Waals surface area contributed by atoms with Crippen LogP contribution < -0.4 is 5.73 Å². The molecule has 0 saturated carbocycles. The molecule has 0 aliphatic rings. The van der Waals surface area contributed by atoms with Crippen molar-refractivity contribution >= 4 is 5.84 Å². The molecular weight excluding hydrogens is 248 g/mol. The summed E-state index contributed by atoms with van der Waals surface area (Å²) >= 11 is 0. The van der Waals surface area contributed by atoms with Gasteiger partial charge in [-0.25, -0.2) is 0 Å². The zero-order valence-electron chi connectivity index (χ0n) is 12.4. The summed E-state index contributed by atoms with van der Waals surface area (Å²) in [5, 5.41) is 12.3. The first kappa shape index (κ1) is 14.3. The lowest BCUT2D eigenvalue weighted by molar-refractivity contribution is 0.520. The molecule has 0 aliphatic carbocycles. The summed E-state index contributed by atoms with van der Waals surface area (Å²) < 4.78 is 2.02. The van der Waals surface area contributed by atoms with Crippen molar-refractivity contribution in [3.05, 3.63) is 52.8 Å². The third-order valence-electron chi connectivity index (χ3n) is 3.72. The first-order valence-corrected chi connectivity index (χ1v) is 6.97. The molecule has 1 aromatic heterocycles. The van der Waals surface area contributed by atoms with Crippen molar-refractivity contribution in [3.63, 3.8) is 0 Å². The maximum atomic E-state index is 7.64. The van der Waals surface area contributed by atoms with Gasteiger partial charge in [0.25, 0.3) is 0 Å². The Hall–Kier alpha value is -2.10. The second-order valence-corrected chi connectivity index (χ2v) is 5.10. The van der Waals surface area contributed by atoms with Crippen molar-refractivity contribution in [1.82, 2.24) is 9.78 Å². The van der Waals surface area contributed by atoms with E-state index in [0.717, 1.165) is 17.7 Å². The quantitative estimate of drug-likeness (QED) is 0.648. The van der Waals surface area contributed by atoms with Crippen molar-refractivity contribution in [2.24, 2.45) is 5.73 Å². The number of rotatable bonds is 5. The minimum absolute atomic E-state index is 0.00676. The van der Waals surface area contributed by atoms with Crippen LogP contribution in [0.2, 0.25) is 0 Å². The summed E-state index contributed by atoms with van der Waals surface area (Å²) in [5.41, 5.74) is 10.3. The van der Waals surface area contributed by atoms with Gasteiger partial charge in [-0.15, -0.1) is 0 Å². The Morgan fingerprint density at radius 2 is 1.95 bits per heavy atom. The van der Waals surface area contributed by atoms with Crippen LogP contribution in [0.15, 0.2) is 30.3 Å². The fraction of sp³-hybridized carbons (Fsp3) is 0.375. The van der Waals surface area contributed by atoms with Gasteiger partial charge < -0.3 is 5.73 Å². The fourth-order valence-corrected chi connectivity index (χ4v) is 2.74. The predicted molar refractivity (Wildman–Crippen MR) is 82.2 cm³/mol. The Morgan fingerprint density at radius 3 is 2.45 bits per heavy atom. The molecule has 1 atom stereocenters. The third-order valence-corrected chi connectivity index (χ3v) is 3.72. The van der Waals surface area contributed by atoms with E-state index in [2.05, 4.69) is 31.1 Å². The van der Waals surface area contributed by atoms with E-state index < -0.39 is 0 Å². The van der Waals surface area contributed by atoms with E-state index in [4.69, 9.17) is 11.1 Å². The summed E-state index contributed by atoms with van der Waals surface area (Å²) in [4.78, 5) is 0. The van der Waals surface area contributed by atoms with Gasteiger partial charge in [-0.2, -0.15) is 5.10 Å². The predicted octanol–water partition coefficient (Wildman–Crippen LogP) is 2.98. The number of amidine groups is 1. The van der Waals surface area contributed by atoms with Crippen LogP contribution >= 0.6 is 0 Å². The molecular formula is C16H22N4. The van der Waals surface area contributed by atoms with Gasteiger partial charge in [-0.05, 0) is 31.4 Å². The molecule has 0 saturated heterocycles. The van der Waals surface area contributed by atoms with E-state index in [1.165, 1.54) is 11.3 Å². The van der Waals surface area contributed by atoms with Gasteiger partial charge >= 0.3 is 0 Å². The molecule has 0 aliphatic heterocycles. The van der Waals surface area contributed by atoms with Crippen LogP contribution in [0.3, 0.4) is 0 Å². The molecule has 0 fully saturated rings. The third kappa shape index (κ3) is 2.74. The van der Waals surface area contributed by atoms with Gasteiger partial charge in [0, 0.05) is 12.1 Å². The minimum atomic E-state index is -0.00676. The van der Waals surface area contributed by atoms with E-state index >= 15 is 0 Å². The Bertz CT molecular complexity index is 598. The lowest BCUT2D eigenvalue weighted by Crippen LogP contribution is -2.21. The summed E-state index contributed by atoms with van der Waals surface area (Å²) in [6.45, 7) is 6.27. The van der Waals surface area contributed by atoms with Crippen LogP contribution in [0.25, 0.3) is 0 Å². The zero-order chi connectivity index (χ0) is 14.7. The largest absolute Gasteiger partial charge is 0.388 e. The van der Waals surface area contributed by atoms with Gasteiger partial charge in [-0.1, -0.05) is 37.3 Å². The van der Waals surface area contributed by atoms with E-state index in [0.29, 0.717) is 6.42 Å². The monoisotopic (exact) mass is 270 g/mol. The van der Waals surface area contributed by atoms with Gasteiger partial charge in [-0.3, -0.25) is 10.1 Å². The van der Waals surface area contributed by atoms with Gasteiger partial charge in [0.05, 0.1) is 17.6 Å². The average Bonchev–Trinajstić information content (AvgIpc) is 2.71. The molecule has 1 aromatic carbocycles. The average molecular weight is 270 g/mol. The van der Waals surface area contributed by atoms with Crippen LogP contribution in [0, 0.1) is 19.3 Å². The molecule has 0 radical (unpaired) electrons. The van der Waals surface area contributed by atoms with Crippen LogP contribution in [0.5, 0.6) is 0 Å². The lowest BCUT2D eigenvalue weighted by atomic mass is 10.0. The highest BCUT2D eigenvalue weighted by molar-refractivity contribution is 5.77. The second kappa shape index (κ2) is 5.90. The first-order valence-electron chi connectivity index (χ1n) is 6.97. The van der Waals surface area contributed by atoms with Crippen molar-refractivity contribution in [2.45, 2.75) is 39.7 Å². The van der Waals surface area contributed by atoms with Crippen LogP contribution in [-0.4, -0.2) is 15.6 Å². The van der Waals surface area contributed by atoms with Crippen molar-refractivity contribution < 1.29 is 0 Å². The summed E-state index contributed by atoms with van der Waals surface area (Å²) in [6, 6.07) is 10.1. The number of hydrogen-bond donors (Lipinski definition) is 2. The number of nitrogens with two attached hydrogens (primary N) is 1. The van der Waals surface area contributed by atoms with Gasteiger partial charge in [0.2, 0.25) is 0 Å². The number of nitrogens with one attached hydrogen (secondary N) is 1. The summed E-state index contributed by atoms with van der Waals surface area (Å²) in [6.07, 6.45) is 1.45. The normalized spacial score (nSPS) is 12.3. The van der Waals surface area contributed by atoms with Gasteiger partial charge in [0.1, 0.15) is 0 Å². The van der Waals surface area contributed by atoms with E-state index in [-0.39, 0.29) is 11.9 Å². The van der Waals surface area contributed by atoms with Crippen molar-refractivity contribution in [2.75, 3.05) is 0 Å². The molecule has 3 N–H and O–H groups in total. The highest BCUT2D eigenvalue weighted by Crippen LogP contribution is 2.25. The van der Waals surface area contributed by atoms with E-state index in [1.807, 2.05) is 29.8 Å². The number of aryl methyl sites for hydroxylation is 1. The van der Waals surface area contributed by atoms with Crippen LogP contribution in [-0.2, 0) is 6.42 Å². The molecule has 1 unspecified atom stereocenters. The maximum absolute atomic E-state index is 7.64. The summed E-state index contributed by atoms with van der Waals surface area (Å²) in [5.74, 6) is 0.185. The highest BCUT2D eigenvalue weighted by Gasteiger charge is 2.20. The molecule has 4 nitrogen and oxygen atoms in total. The zero-order valence-corrected chi connectivity index (χ0v) is 12.4. The number of hydrogen-bond acceptors (Lipinski definition) is 2. The molecule has 0 amide bonds. The Morgan fingerprint density at radius 1 is 1.30 bits per heavy atom. The Kier molecular flexibility index (Phi) is 4.23. The molecule has 106 valence electrons. The maximum Gasteiger partial charge on any atom is 0.0930 e. The minimum Gasteiger partial charge on any atom is -0.388 e. The highest BCUT2D eigenvalue weighted by atomic mass is 15.3. The molecule has 4 heteroatoms. The molecule has 20 heavy (non-hydrogen) atoms. The number of benzene rings is 1. The van der Waals surface area contributed by atoms with Gasteiger partial charge in [0.15, 0.2) is 0 Å². The Balaban J connectivity index is 2.50. The second-order valence-electron chi connectivity index (χ2n) is 5.10. The van der Waals surface area contributed by atoms with E-state index in [1.54, 1.807) is 0 Å². The number of nitrogens with zero attached hydrogens (tertiary/aromatic N) is 2. The molecule has 2 aromatic rings. The first-order chi connectivity index (χ1) is 9.54. The Labute approximate surface area is 120 Å². The fourth-order valence-electron chi connectivity index (χ4n) is 2.74. The molecule has 0 bridgehead atoms. The molecule has 2 rings (SSSR count). The molecule has 0 spiro atoms. The van der Waals surface area contributed by atoms with Crippen LogP contribution in [0.4, 0.5) is 0 Å². The lowest BCUT2D eigenvalue weighted by Gasteiger charge is -2.19. The smallest absolute Gasteiger partial charge is 0.0930 e. The topological polar surface area (TPSA) is 67.7 Å². The standard InChI is InChI=1S/C16H22N4/c1-4-14-11(2)19-20(12(14)3)15(10-16(17)18)13-8-6-5-7-9-13/h5-9,15H,4,10H2,1-3H3,(H3,17,18). The number of aromatic nitrogens is 2. The van der Waals surface area contributed by atoms with E-state index in [9.17, 15) is 0 Å². The van der Waals surface area contributed by atoms with Crippen molar-refractivity contribution in [3.8, 4) is 0 Å². The van der Waals surface area contributed by atoms with Crippen LogP contribution in [0.1, 0.15) is 41.9 Å². The van der Waals surface area contributed by atoms with Crippen molar-refractivity contribution in [1.29, 1.82) is 5.41 Å².